The lowest BCUT2D eigenvalue weighted by molar-refractivity contribution is 0.0904. The van der Waals surface area contributed by atoms with Crippen LogP contribution in [0.1, 0.15) is 34.5 Å². The first-order chi connectivity index (χ1) is 13.7. The molecular formula is C23H22N4O. The van der Waals surface area contributed by atoms with Gasteiger partial charge in [0.05, 0.1) is 17.1 Å². The van der Waals surface area contributed by atoms with Gasteiger partial charge in [0.25, 0.3) is 5.91 Å². The zero-order valence-electron chi connectivity index (χ0n) is 15.6. The van der Waals surface area contributed by atoms with Gasteiger partial charge in [-0.3, -0.25) is 9.69 Å². The fourth-order valence-corrected chi connectivity index (χ4v) is 3.63. The van der Waals surface area contributed by atoms with Crippen LogP contribution in [0.4, 0.5) is 0 Å². The Bertz CT molecular complexity index is 1010. The molecule has 1 aliphatic heterocycles. The molecule has 0 spiro atoms. The number of hydrogen-bond donors (Lipinski definition) is 1. The molecule has 1 aromatic heterocycles. The number of nitriles is 1. The Hall–Kier alpha value is -3.23. The van der Waals surface area contributed by atoms with E-state index in [1.807, 2.05) is 54.6 Å². The number of aromatic nitrogens is 1. The lowest BCUT2D eigenvalue weighted by Crippen LogP contribution is -2.44. The van der Waals surface area contributed by atoms with Crippen molar-refractivity contribution in [3.8, 4) is 6.07 Å². The van der Waals surface area contributed by atoms with E-state index >= 15 is 0 Å². The summed E-state index contributed by atoms with van der Waals surface area (Å²) in [4.78, 5) is 19.4. The number of pyridine rings is 1. The van der Waals surface area contributed by atoms with Crippen LogP contribution in [0.2, 0.25) is 0 Å². The molecule has 1 N–H and O–H groups in total. The van der Waals surface area contributed by atoms with Gasteiger partial charge in [0, 0.05) is 31.1 Å². The number of piperidine rings is 1. The summed E-state index contributed by atoms with van der Waals surface area (Å²) in [5, 5.41) is 13.1. The van der Waals surface area contributed by atoms with E-state index in [1.165, 1.54) is 5.56 Å². The smallest absolute Gasteiger partial charge is 0.270 e. The Balaban J connectivity index is 1.30. The molecule has 4 rings (SSSR count). The minimum atomic E-state index is -0.101. The van der Waals surface area contributed by atoms with Crippen LogP contribution in [0.5, 0.6) is 0 Å². The molecule has 0 unspecified atom stereocenters. The highest BCUT2D eigenvalue weighted by Crippen LogP contribution is 2.16. The molecule has 0 atom stereocenters. The molecule has 28 heavy (non-hydrogen) atoms. The highest BCUT2D eigenvalue weighted by Gasteiger charge is 2.21. The van der Waals surface area contributed by atoms with Crippen molar-refractivity contribution in [3.63, 3.8) is 0 Å². The highest BCUT2D eigenvalue weighted by molar-refractivity contribution is 5.95. The minimum Gasteiger partial charge on any atom is -0.348 e. The Morgan fingerprint density at radius 3 is 2.57 bits per heavy atom. The van der Waals surface area contributed by atoms with Crippen molar-refractivity contribution >= 4 is 16.8 Å². The number of hydrogen-bond acceptors (Lipinski definition) is 4. The van der Waals surface area contributed by atoms with Crippen molar-refractivity contribution < 1.29 is 4.79 Å². The summed E-state index contributed by atoms with van der Waals surface area (Å²) < 4.78 is 0. The van der Waals surface area contributed by atoms with Crippen LogP contribution in [0, 0.1) is 11.3 Å². The molecule has 0 bridgehead atoms. The quantitative estimate of drug-likeness (QED) is 0.763. The number of nitrogens with zero attached hydrogens (tertiary/aromatic N) is 3. The maximum absolute atomic E-state index is 12.6. The second-order valence-electron chi connectivity index (χ2n) is 7.22. The second-order valence-corrected chi connectivity index (χ2v) is 7.22. The van der Waals surface area contributed by atoms with E-state index in [2.05, 4.69) is 21.3 Å². The lowest BCUT2D eigenvalue weighted by atomic mass is 10.0. The molecule has 5 heteroatoms. The van der Waals surface area contributed by atoms with E-state index in [-0.39, 0.29) is 11.9 Å². The third-order valence-electron chi connectivity index (χ3n) is 5.24. The minimum absolute atomic E-state index is 0.101. The number of rotatable bonds is 4. The van der Waals surface area contributed by atoms with Crippen LogP contribution in [-0.4, -0.2) is 34.9 Å². The van der Waals surface area contributed by atoms with Crippen LogP contribution < -0.4 is 5.32 Å². The molecule has 3 aromatic rings. The normalized spacial score (nSPS) is 15.2. The first-order valence-corrected chi connectivity index (χ1v) is 9.59. The molecule has 5 nitrogen and oxygen atoms in total. The monoisotopic (exact) mass is 370 g/mol. The third-order valence-corrected chi connectivity index (χ3v) is 5.24. The second kappa shape index (κ2) is 8.20. The van der Waals surface area contributed by atoms with Crippen LogP contribution in [-0.2, 0) is 6.54 Å². The lowest BCUT2D eigenvalue weighted by Gasteiger charge is -2.32. The number of fused-ring (bicyclic) bond motifs is 1. The molecule has 0 aliphatic carbocycles. The maximum Gasteiger partial charge on any atom is 0.270 e. The van der Waals surface area contributed by atoms with E-state index in [1.54, 1.807) is 6.07 Å². The van der Waals surface area contributed by atoms with Crippen LogP contribution in [0.3, 0.4) is 0 Å². The van der Waals surface area contributed by atoms with Crippen LogP contribution in [0.25, 0.3) is 10.9 Å². The zero-order valence-corrected chi connectivity index (χ0v) is 15.6. The van der Waals surface area contributed by atoms with Gasteiger partial charge in [0.2, 0.25) is 0 Å². The summed E-state index contributed by atoms with van der Waals surface area (Å²) in [6, 6.07) is 21.6. The van der Waals surface area contributed by atoms with Crippen molar-refractivity contribution in [2.45, 2.75) is 25.4 Å². The third kappa shape index (κ3) is 4.19. The van der Waals surface area contributed by atoms with Gasteiger partial charge in [-0.2, -0.15) is 5.26 Å². The molecule has 1 amide bonds. The predicted molar refractivity (Wildman–Crippen MR) is 109 cm³/mol. The molecule has 2 heterocycles. The highest BCUT2D eigenvalue weighted by atomic mass is 16.1. The van der Waals surface area contributed by atoms with Gasteiger partial charge in [-0.25, -0.2) is 4.98 Å². The summed E-state index contributed by atoms with van der Waals surface area (Å²) in [6.45, 7) is 2.75. The van der Waals surface area contributed by atoms with Crippen LogP contribution >= 0.6 is 0 Å². The van der Waals surface area contributed by atoms with Crippen molar-refractivity contribution in [3.05, 3.63) is 77.5 Å². The average Bonchev–Trinajstić information content (AvgIpc) is 2.75. The number of amides is 1. The van der Waals surface area contributed by atoms with E-state index in [0.29, 0.717) is 11.3 Å². The standard InChI is InChI=1S/C23H22N4O/c24-15-17-5-7-18(8-6-17)16-27-13-11-20(12-14-27)25-23(28)22-10-9-19-3-1-2-4-21(19)26-22/h1-10,20H,11-14,16H2,(H,25,28). The topological polar surface area (TPSA) is 69.0 Å². The molecule has 0 saturated carbocycles. The van der Waals surface area contributed by atoms with Crippen molar-refractivity contribution in [2.24, 2.45) is 0 Å². The summed E-state index contributed by atoms with van der Waals surface area (Å²) >= 11 is 0. The van der Waals surface area contributed by atoms with Gasteiger partial charge < -0.3 is 5.32 Å². The van der Waals surface area contributed by atoms with Gasteiger partial charge >= 0.3 is 0 Å². The van der Waals surface area contributed by atoms with Crippen molar-refractivity contribution in [1.29, 1.82) is 5.26 Å². The number of likely N-dealkylation sites (tertiary alicyclic amines) is 1. The number of carbonyl (C=O) groups is 1. The Morgan fingerprint density at radius 2 is 1.82 bits per heavy atom. The van der Waals surface area contributed by atoms with Gasteiger partial charge in [0.1, 0.15) is 5.69 Å². The molecule has 1 fully saturated rings. The Morgan fingerprint density at radius 1 is 1.07 bits per heavy atom. The van der Waals surface area contributed by atoms with Crippen LogP contribution in [0.15, 0.2) is 60.7 Å². The predicted octanol–water partition coefficient (Wildman–Crippen LogP) is 3.50. The molecule has 0 radical (unpaired) electrons. The number of nitrogens with one attached hydrogen (secondary N) is 1. The van der Waals surface area contributed by atoms with Gasteiger partial charge in [-0.15, -0.1) is 0 Å². The number of para-hydroxylation sites is 1. The first kappa shape index (κ1) is 18.1. The first-order valence-electron chi connectivity index (χ1n) is 9.59. The molecule has 140 valence electrons. The summed E-state index contributed by atoms with van der Waals surface area (Å²) in [7, 11) is 0. The Labute approximate surface area is 164 Å². The average molecular weight is 370 g/mol. The fourth-order valence-electron chi connectivity index (χ4n) is 3.63. The molecule has 1 aliphatic rings. The largest absolute Gasteiger partial charge is 0.348 e. The number of carbonyl (C=O) groups excluding carboxylic acids is 1. The maximum atomic E-state index is 12.6. The molecule has 2 aromatic carbocycles. The number of benzene rings is 2. The van der Waals surface area contributed by atoms with E-state index < -0.39 is 0 Å². The molecule has 1 saturated heterocycles. The Kier molecular flexibility index (Phi) is 5.31. The van der Waals surface area contributed by atoms with Crippen molar-refractivity contribution in [1.82, 2.24) is 15.2 Å². The van der Waals surface area contributed by atoms with E-state index in [9.17, 15) is 4.79 Å². The SMILES string of the molecule is N#Cc1ccc(CN2CCC(NC(=O)c3ccc4ccccc4n3)CC2)cc1. The fraction of sp³-hybridized carbons (Fsp3) is 0.261. The van der Waals surface area contributed by atoms with E-state index in [4.69, 9.17) is 5.26 Å². The van der Waals surface area contributed by atoms with Crippen molar-refractivity contribution in [2.75, 3.05) is 13.1 Å². The summed E-state index contributed by atoms with van der Waals surface area (Å²) in [5.41, 5.74) is 3.21. The summed E-state index contributed by atoms with van der Waals surface area (Å²) in [5.74, 6) is -0.101. The van der Waals surface area contributed by atoms with Gasteiger partial charge in [-0.1, -0.05) is 36.4 Å². The van der Waals surface area contributed by atoms with Gasteiger partial charge in [0.15, 0.2) is 0 Å². The van der Waals surface area contributed by atoms with E-state index in [0.717, 1.165) is 43.4 Å². The summed E-state index contributed by atoms with van der Waals surface area (Å²) in [6.07, 6.45) is 1.85. The van der Waals surface area contributed by atoms with Gasteiger partial charge in [-0.05, 0) is 42.7 Å². The zero-order chi connectivity index (χ0) is 19.3. The molecular weight excluding hydrogens is 348 g/mol.